The van der Waals surface area contributed by atoms with E-state index in [1.54, 1.807) is 12.4 Å². The van der Waals surface area contributed by atoms with Crippen molar-refractivity contribution in [1.29, 1.82) is 0 Å². The molecule has 2 heterocycles. The number of hydrogen-bond donors (Lipinski definition) is 1. The lowest BCUT2D eigenvalue weighted by Gasteiger charge is -2.16. The molecule has 4 rings (SSSR count). The van der Waals surface area contributed by atoms with E-state index in [-0.39, 0.29) is 11.2 Å². The molecule has 0 spiro atoms. The molecule has 0 radical (unpaired) electrons. The van der Waals surface area contributed by atoms with Crippen LogP contribution in [0.4, 0.5) is 5.69 Å². The van der Waals surface area contributed by atoms with Crippen LogP contribution >= 0.6 is 11.8 Å². The summed E-state index contributed by atoms with van der Waals surface area (Å²) in [6, 6.07) is 16.1. The second-order valence-electron chi connectivity index (χ2n) is 8.21. The van der Waals surface area contributed by atoms with Crippen molar-refractivity contribution in [2.75, 3.05) is 5.32 Å². The zero-order chi connectivity index (χ0) is 23.5. The molecule has 2 aromatic carbocycles. The number of carbonyl (C=O) groups excluding carboxylic acids is 1. The van der Waals surface area contributed by atoms with Crippen molar-refractivity contribution >= 4 is 23.4 Å². The van der Waals surface area contributed by atoms with Gasteiger partial charge in [0.05, 0.1) is 10.9 Å². The van der Waals surface area contributed by atoms with Crippen LogP contribution in [0.25, 0.3) is 17.1 Å². The Hall–Kier alpha value is -3.45. The van der Waals surface area contributed by atoms with E-state index in [2.05, 4.69) is 58.6 Å². The molecule has 0 fully saturated rings. The van der Waals surface area contributed by atoms with Crippen LogP contribution in [0.5, 0.6) is 0 Å². The number of amides is 1. The molecular weight excluding hydrogens is 430 g/mol. The molecule has 168 valence electrons. The first-order valence-corrected chi connectivity index (χ1v) is 11.7. The molecule has 0 aliphatic heterocycles. The van der Waals surface area contributed by atoms with Crippen LogP contribution in [0, 0.1) is 27.7 Å². The number of rotatable bonds is 6. The van der Waals surface area contributed by atoms with E-state index in [1.807, 2.05) is 49.6 Å². The normalized spacial score (nSPS) is 11.9. The fraction of sp³-hybridized carbons (Fsp3) is 0.231. The summed E-state index contributed by atoms with van der Waals surface area (Å²) in [5, 5.41) is 12.3. The molecule has 1 atom stereocenters. The summed E-state index contributed by atoms with van der Waals surface area (Å²) in [5.74, 6) is 0.636. The lowest BCUT2D eigenvalue weighted by Crippen LogP contribution is -2.23. The second kappa shape index (κ2) is 9.58. The van der Waals surface area contributed by atoms with Gasteiger partial charge < -0.3 is 5.32 Å². The summed E-state index contributed by atoms with van der Waals surface area (Å²) >= 11 is 1.39. The van der Waals surface area contributed by atoms with Crippen molar-refractivity contribution in [2.24, 2.45) is 0 Å². The zero-order valence-electron chi connectivity index (χ0n) is 19.5. The molecular formula is C26H27N5OS. The van der Waals surface area contributed by atoms with Gasteiger partial charge in [-0.15, -0.1) is 10.2 Å². The average molecular weight is 458 g/mol. The van der Waals surface area contributed by atoms with E-state index in [4.69, 9.17) is 0 Å². The van der Waals surface area contributed by atoms with E-state index >= 15 is 0 Å². The number of thioether (sulfide) groups is 1. The minimum absolute atomic E-state index is 0.0768. The van der Waals surface area contributed by atoms with Gasteiger partial charge in [-0.25, -0.2) is 0 Å². The van der Waals surface area contributed by atoms with Crippen LogP contribution < -0.4 is 5.32 Å². The Balaban J connectivity index is 1.66. The smallest absolute Gasteiger partial charge is 0.237 e. The fourth-order valence-electron chi connectivity index (χ4n) is 3.53. The predicted molar refractivity (Wildman–Crippen MR) is 134 cm³/mol. The Kier molecular flexibility index (Phi) is 6.60. The number of nitrogens with one attached hydrogen (secondary N) is 1. The molecule has 4 aromatic rings. The fourth-order valence-corrected chi connectivity index (χ4v) is 4.40. The molecule has 7 heteroatoms. The van der Waals surface area contributed by atoms with Gasteiger partial charge in [-0.2, -0.15) is 0 Å². The molecule has 0 aliphatic carbocycles. The molecule has 33 heavy (non-hydrogen) atoms. The van der Waals surface area contributed by atoms with Crippen molar-refractivity contribution in [3.8, 4) is 17.1 Å². The predicted octanol–water partition coefficient (Wildman–Crippen LogP) is 5.68. The maximum atomic E-state index is 13.0. The van der Waals surface area contributed by atoms with Gasteiger partial charge in [-0.05, 0) is 81.6 Å². The molecule has 1 amide bonds. The summed E-state index contributed by atoms with van der Waals surface area (Å²) < 4.78 is 2.01. The molecule has 2 aromatic heterocycles. The quantitative estimate of drug-likeness (QED) is 0.377. The number of aryl methyl sites for hydroxylation is 4. The number of hydrogen-bond acceptors (Lipinski definition) is 5. The van der Waals surface area contributed by atoms with E-state index in [1.165, 1.54) is 22.9 Å². The Morgan fingerprint density at radius 2 is 1.67 bits per heavy atom. The summed E-state index contributed by atoms with van der Waals surface area (Å²) in [6.45, 7) is 10.1. The summed E-state index contributed by atoms with van der Waals surface area (Å²) in [5.41, 5.74) is 7.29. The van der Waals surface area contributed by atoms with Gasteiger partial charge in [0.2, 0.25) is 5.91 Å². The Labute approximate surface area is 198 Å². The Morgan fingerprint density at radius 3 is 2.36 bits per heavy atom. The molecule has 6 nitrogen and oxygen atoms in total. The van der Waals surface area contributed by atoms with Crippen molar-refractivity contribution in [3.63, 3.8) is 0 Å². The zero-order valence-corrected chi connectivity index (χ0v) is 20.3. The van der Waals surface area contributed by atoms with Gasteiger partial charge in [0.1, 0.15) is 0 Å². The van der Waals surface area contributed by atoms with Crippen molar-refractivity contribution < 1.29 is 4.79 Å². The highest BCUT2D eigenvalue weighted by atomic mass is 32.2. The third-order valence-corrected chi connectivity index (χ3v) is 6.65. The van der Waals surface area contributed by atoms with Crippen LogP contribution in [-0.2, 0) is 4.79 Å². The number of benzene rings is 2. The summed E-state index contributed by atoms with van der Waals surface area (Å²) in [4.78, 5) is 17.1. The molecule has 0 bridgehead atoms. The lowest BCUT2D eigenvalue weighted by molar-refractivity contribution is -0.115. The molecule has 1 unspecified atom stereocenters. The standard InChI is InChI=1S/C26H27N5OS/c1-16-6-9-23(19(4)14-16)28-25(32)20(5)33-26-30-29-24(21-10-12-27-13-11-21)31(26)22-8-7-17(2)18(3)15-22/h6-15,20H,1-5H3,(H,28,32). The van der Waals surface area contributed by atoms with Gasteiger partial charge in [-0.3, -0.25) is 14.3 Å². The van der Waals surface area contributed by atoms with Crippen LogP contribution in [0.15, 0.2) is 66.1 Å². The lowest BCUT2D eigenvalue weighted by atomic mass is 10.1. The topological polar surface area (TPSA) is 72.7 Å². The SMILES string of the molecule is Cc1ccc(NC(=O)C(C)Sc2nnc(-c3ccncc3)n2-c2ccc(C)c(C)c2)c(C)c1. The minimum atomic E-state index is -0.370. The number of carbonyl (C=O) groups is 1. The Bertz CT molecular complexity index is 1300. The highest BCUT2D eigenvalue weighted by Crippen LogP contribution is 2.31. The van der Waals surface area contributed by atoms with Crippen LogP contribution in [0.2, 0.25) is 0 Å². The van der Waals surface area contributed by atoms with E-state index in [0.29, 0.717) is 11.0 Å². The number of aromatic nitrogens is 4. The van der Waals surface area contributed by atoms with E-state index in [0.717, 1.165) is 28.1 Å². The molecule has 1 N–H and O–H groups in total. The van der Waals surface area contributed by atoms with Gasteiger partial charge in [0, 0.05) is 23.6 Å². The molecule has 0 aliphatic rings. The first-order valence-electron chi connectivity index (χ1n) is 10.8. The van der Waals surface area contributed by atoms with Crippen molar-refractivity contribution in [1.82, 2.24) is 19.7 Å². The van der Waals surface area contributed by atoms with Crippen LogP contribution in [-0.4, -0.2) is 30.9 Å². The monoisotopic (exact) mass is 457 g/mol. The summed E-state index contributed by atoms with van der Waals surface area (Å²) in [7, 11) is 0. The number of nitrogens with zero attached hydrogens (tertiary/aromatic N) is 4. The van der Waals surface area contributed by atoms with Crippen LogP contribution in [0.1, 0.15) is 29.2 Å². The minimum Gasteiger partial charge on any atom is -0.325 e. The van der Waals surface area contributed by atoms with Gasteiger partial charge in [0.25, 0.3) is 0 Å². The van der Waals surface area contributed by atoms with E-state index < -0.39 is 0 Å². The van der Waals surface area contributed by atoms with Gasteiger partial charge in [-0.1, -0.05) is 35.5 Å². The summed E-state index contributed by atoms with van der Waals surface area (Å²) in [6.07, 6.45) is 3.48. The first-order chi connectivity index (χ1) is 15.8. The largest absolute Gasteiger partial charge is 0.325 e. The highest BCUT2D eigenvalue weighted by Gasteiger charge is 2.22. The van der Waals surface area contributed by atoms with Crippen molar-refractivity contribution in [2.45, 2.75) is 45.0 Å². The van der Waals surface area contributed by atoms with Crippen molar-refractivity contribution in [3.05, 3.63) is 83.2 Å². The van der Waals surface area contributed by atoms with E-state index in [9.17, 15) is 4.79 Å². The molecule has 0 saturated carbocycles. The number of anilines is 1. The number of pyridine rings is 1. The third kappa shape index (κ3) is 4.98. The maximum Gasteiger partial charge on any atom is 0.237 e. The van der Waals surface area contributed by atoms with Crippen LogP contribution in [0.3, 0.4) is 0 Å². The molecule has 0 saturated heterocycles. The van der Waals surface area contributed by atoms with Gasteiger partial charge >= 0.3 is 0 Å². The van der Waals surface area contributed by atoms with Gasteiger partial charge in [0.15, 0.2) is 11.0 Å². The Morgan fingerprint density at radius 1 is 0.909 bits per heavy atom. The average Bonchev–Trinajstić information content (AvgIpc) is 3.21. The third-order valence-electron chi connectivity index (χ3n) is 5.61. The maximum absolute atomic E-state index is 13.0. The first kappa shape index (κ1) is 22.7. The second-order valence-corrected chi connectivity index (χ2v) is 9.52. The highest BCUT2D eigenvalue weighted by molar-refractivity contribution is 8.00.